The highest BCUT2D eigenvalue weighted by Gasteiger charge is 2.23. The van der Waals surface area contributed by atoms with Crippen LogP contribution in [0.3, 0.4) is 0 Å². The van der Waals surface area contributed by atoms with Crippen molar-refractivity contribution in [2.45, 2.75) is 32.2 Å². The molecule has 2 saturated heterocycles. The highest BCUT2D eigenvalue weighted by Crippen LogP contribution is 2.23. The average Bonchev–Trinajstić information content (AvgIpc) is 2.61. The molecule has 1 amide bonds. The van der Waals surface area contributed by atoms with Gasteiger partial charge in [-0.3, -0.25) is 9.69 Å². The molecule has 1 aromatic carbocycles. The van der Waals surface area contributed by atoms with Crippen molar-refractivity contribution in [2.75, 3.05) is 46.3 Å². The first-order chi connectivity index (χ1) is 12.1. The lowest BCUT2D eigenvalue weighted by atomic mass is 9.92. The maximum absolute atomic E-state index is 12.4. The quantitative estimate of drug-likeness (QED) is 0.888. The third kappa shape index (κ3) is 5.44. The number of hydrogen-bond donors (Lipinski definition) is 1. The Morgan fingerprint density at radius 2 is 2.00 bits per heavy atom. The van der Waals surface area contributed by atoms with Crippen molar-refractivity contribution in [3.63, 3.8) is 0 Å². The molecule has 0 saturated carbocycles. The number of piperidine rings is 1. The van der Waals surface area contributed by atoms with Crippen molar-refractivity contribution in [1.82, 2.24) is 14.7 Å². The molecule has 2 fully saturated rings. The Balaban J connectivity index is 1.43. The molecule has 138 valence electrons. The van der Waals surface area contributed by atoms with Gasteiger partial charge in [-0.25, -0.2) is 0 Å². The van der Waals surface area contributed by atoms with Crippen LogP contribution in [0.4, 0.5) is 0 Å². The molecule has 0 radical (unpaired) electrons. The number of carbonyl (C=O) groups is 1. The Morgan fingerprint density at radius 1 is 1.20 bits per heavy atom. The van der Waals surface area contributed by atoms with Gasteiger partial charge in [0.15, 0.2) is 0 Å². The predicted molar refractivity (Wildman–Crippen MR) is 99.4 cm³/mol. The average molecular weight is 345 g/mol. The zero-order valence-corrected chi connectivity index (χ0v) is 15.4. The highest BCUT2D eigenvalue weighted by atomic mass is 16.3. The van der Waals surface area contributed by atoms with Gasteiger partial charge >= 0.3 is 0 Å². The third-order valence-electron chi connectivity index (χ3n) is 5.54. The van der Waals surface area contributed by atoms with Crippen LogP contribution in [0.25, 0.3) is 0 Å². The minimum atomic E-state index is 0.332. The zero-order chi connectivity index (χ0) is 17.6. The fraction of sp³-hybridized carbons (Fsp3) is 0.650. The van der Waals surface area contributed by atoms with Crippen molar-refractivity contribution < 1.29 is 9.90 Å². The van der Waals surface area contributed by atoms with Crippen LogP contribution in [0.1, 0.15) is 31.2 Å². The van der Waals surface area contributed by atoms with Crippen LogP contribution in [0.2, 0.25) is 0 Å². The third-order valence-corrected chi connectivity index (χ3v) is 5.54. The van der Waals surface area contributed by atoms with Crippen molar-refractivity contribution in [3.8, 4) is 5.75 Å². The summed E-state index contributed by atoms with van der Waals surface area (Å²) >= 11 is 0. The summed E-state index contributed by atoms with van der Waals surface area (Å²) in [6.45, 7) is 6.80. The van der Waals surface area contributed by atoms with E-state index in [0.29, 0.717) is 24.0 Å². The first-order valence-corrected chi connectivity index (χ1v) is 9.57. The van der Waals surface area contributed by atoms with E-state index < -0.39 is 0 Å². The van der Waals surface area contributed by atoms with Crippen LogP contribution < -0.4 is 0 Å². The molecule has 1 N–H and O–H groups in total. The molecule has 3 rings (SSSR count). The molecule has 2 heterocycles. The van der Waals surface area contributed by atoms with E-state index in [1.165, 1.54) is 12.8 Å². The second-order valence-electron chi connectivity index (χ2n) is 7.64. The van der Waals surface area contributed by atoms with Crippen LogP contribution in [-0.2, 0) is 11.3 Å². The van der Waals surface area contributed by atoms with Gasteiger partial charge in [-0.1, -0.05) is 12.1 Å². The number of benzene rings is 1. The van der Waals surface area contributed by atoms with Gasteiger partial charge in [-0.15, -0.1) is 0 Å². The van der Waals surface area contributed by atoms with Gasteiger partial charge in [0.2, 0.25) is 5.91 Å². The maximum atomic E-state index is 12.4. The minimum absolute atomic E-state index is 0.332. The van der Waals surface area contributed by atoms with Crippen molar-refractivity contribution in [3.05, 3.63) is 29.8 Å². The summed E-state index contributed by atoms with van der Waals surface area (Å²) in [6, 6.07) is 7.54. The summed E-state index contributed by atoms with van der Waals surface area (Å²) < 4.78 is 0. The lowest BCUT2D eigenvalue weighted by molar-refractivity contribution is -0.133. The van der Waals surface area contributed by atoms with Gasteiger partial charge < -0.3 is 14.9 Å². The summed E-state index contributed by atoms with van der Waals surface area (Å²) in [5.41, 5.74) is 1.16. The second-order valence-corrected chi connectivity index (χ2v) is 7.64. The van der Waals surface area contributed by atoms with E-state index in [-0.39, 0.29) is 0 Å². The molecule has 5 heteroatoms. The number of piperazine rings is 1. The Morgan fingerprint density at radius 3 is 2.76 bits per heavy atom. The molecular formula is C20H31N3O2. The SMILES string of the molecule is CN1CCN(C(=O)CCC2CCCN(Cc3cccc(O)c3)C2)CC1. The number of likely N-dealkylation sites (N-methyl/N-ethyl adjacent to an activating group) is 1. The number of nitrogens with zero attached hydrogens (tertiary/aromatic N) is 3. The van der Waals surface area contributed by atoms with Gasteiger partial charge in [0.1, 0.15) is 5.75 Å². The summed E-state index contributed by atoms with van der Waals surface area (Å²) in [6.07, 6.45) is 4.12. The van der Waals surface area contributed by atoms with E-state index in [4.69, 9.17) is 0 Å². The molecule has 1 atom stereocenters. The molecule has 0 spiro atoms. The maximum Gasteiger partial charge on any atom is 0.222 e. The van der Waals surface area contributed by atoms with Crippen LogP contribution in [-0.4, -0.2) is 72.0 Å². The van der Waals surface area contributed by atoms with Gasteiger partial charge in [0, 0.05) is 45.7 Å². The number of amides is 1. The summed E-state index contributed by atoms with van der Waals surface area (Å²) in [5.74, 6) is 1.28. The molecule has 0 aromatic heterocycles. The molecule has 1 unspecified atom stereocenters. The van der Waals surface area contributed by atoms with Gasteiger partial charge in [0.25, 0.3) is 0 Å². The monoisotopic (exact) mass is 345 g/mol. The minimum Gasteiger partial charge on any atom is -0.508 e. The number of phenols is 1. The summed E-state index contributed by atoms with van der Waals surface area (Å²) in [4.78, 5) is 19.2. The number of hydrogen-bond acceptors (Lipinski definition) is 4. The summed E-state index contributed by atoms with van der Waals surface area (Å²) in [5, 5.41) is 9.62. The molecule has 2 aliphatic heterocycles. The molecule has 0 aliphatic carbocycles. The Kier molecular flexibility index (Phi) is 6.32. The van der Waals surface area contributed by atoms with Gasteiger partial charge in [-0.05, 0) is 56.5 Å². The largest absolute Gasteiger partial charge is 0.508 e. The Hall–Kier alpha value is -1.59. The fourth-order valence-corrected chi connectivity index (χ4v) is 3.99. The van der Waals surface area contributed by atoms with Crippen LogP contribution >= 0.6 is 0 Å². The Labute approximate surface area is 151 Å². The van der Waals surface area contributed by atoms with Gasteiger partial charge in [0.05, 0.1) is 0 Å². The van der Waals surface area contributed by atoms with E-state index in [0.717, 1.165) is 57.8 Å². The highest BCUT2D eigenvalue weighted by molar-refractivity contribution is 5.76. The molecular weight excluding hydrogens is 314 g/mol. The molecule has 5 nitrogen and oxygen atoms in total. The number of aromatic hydroxyl groups is 1. The van der Waals surface area contributed by atoms with E-state index in [1.54, 1.807) is 6.07 Å². The Bertz CT molecular complexity index is 570. The predicted octanol–water partition coefficient (Wildman–Crippen LogP) is 2.16. The molecule has 1 aromatic rings. The number of likely N-dealkylation sites (tertiary alicyclic amines) is 1. The normalized spacial score (nSPS) is 22.9. The van der Waals surface area contributed by atoms with E-state index in [9.17, 15) is 9.90 Å². The van der Waals surface area contributed by atoms with Gasteiger partial charge in [-0.2, -0.15) is 0 Å². The molecule has 0 bridgehead atoms. The first-order valence-electron chi connectivity index (χ1n) is 9.57. The summed E-state index contributed by atoms with van der Waals surface area (Å²) in [7, 11) is 2.12. The van der Waals surface area contributed by atoms with Crippen LogP contribution in [0.15, 0.2) is 24.3 Å². The molecule has 25 heavy (non-hydrogen) atoms. The van der Waals surface area contributed by atoms with E-state index in [2.05, 4.69) is 22.9 Å². The van der Waals surface area contributed by atoms with Crippen molar-refractivity contribution in [2.24, 2.45) is 5.92 Å². The number of carbonyl (C=O) groups excluding carboxylic acids is 1. The number of rotatable bonds is 5. The number of phenolic OH excluding ortho intramolecular Hbond substituents is 1. The fourth-order valence-electron chi connectivity index (χ4n) is 3.99. The topological polar surface area (TPSA) is 47.0 Å². The van der Waals surface area contributed by atoms with E-state index in [1.807, 2.05) is 17.0 Å². The molecule has 2 aliphatic rings. The zero-order valence-electron chi connectivity index (χ0n) is 15.4. The van der Waals surface area contributed by atoms with Crippen LogP contribution in [0.5, 0.6) is 5.75 Å². The van der Waals surface area contributed by atoms with Crippen LogP contribution in [0, 0.1) is 5.92 Å². The second kappa shape index (κ2) is 8.68. The lowest BCUT2D eigenvalue weighted by Gasteiger charge is -2.34. The standard InChI is InChI=1S/C20H31N3O2/c1-21-10-12-23(13-11-21)20(25)8-7-17-5-3-9-22(15-17)16-18-4-2-6-19(24)14-18/h2,4,6,14,17,24H,3,5,7-13,15-16H2,1H3. The lowest BCUT2D eigenvalue weighted by Crippen LogP contribution is -2.47. The van der Waals surface area contributed by atoms with Crippen molar-refractivity contribution in [1.29, 1.82) is 0 Å². The van der Waals surface area contributed by atoms with Crippen molar-refractivity contribution >= 4 is 5.91 Å². The van der Waals surface area contributed by atoms with E-state index >= 15 is 0 Å². The first kappa shape index (κ1) is 18.2. The smallest absolute Gasteiger partial charge is 0.222 e.